The summed E-state index contributed by atoms with van der Waals surface area (Å²) in [6, 6.07) is 69.0. The Morgan fingerprint density at radius 2 is 0.982 bits per heavy atom. The molecule has 0 amide bonds. The zero-order valence-electron chi connectivity index (χ0n) is 31.7. The molecule has 2 fully saturated rings. The van der Waals surface area contributed by atoms with Crippen LogP contribution in [0.15, 0.2) is 192 Å². The van der Waals surface area contributed by atoms with Gasteiger partial charge in [0.1, 0.15) is 11.2 Å². The largest absolute Gasteiger partial charge is 0.456 e. The van der Waals surface area contributed by atoms with E-state index in [1.54, 1.807) is 11.1 Å². The molecule has 3 aliphatic carbocycles. The van der Waals surface area contributed by atoms with Gasteiger partial charge in [0, 0.05) is 39.3 Å². The molecule has 1 aromatic heterocycles. The Bertz CT molecular complexity index is 2960. The molecule has 0 saturated heterocycles. The summed E-state index contributed by atoms with van der Waals surface area (Å²) in [5.41, 5.74) is 18.7. The fourth-order valence-corrected chi connectivity index (χ4v) is 11.0. The first kappa shape index (κ1) is 32.6. The van der Waals surface area contributed by atoms with Crippen molar-refractivity contribution in [2.24, 2.45) is 11.8 Å². The van der Waals surface area contributed by atoms with Crippen LogP contribution in [-0.4, -0.2) is 0 Å². The van der Waals surface area contributed by atoms with Gasteiger partial charge in [-0.15, -0.1) is 0 Å². The lowest BCUT2D eigenvalue weighted by Crippen LogP contribution is -2.31. The number of nitrogens with zero attached hydrogens (tertiary/aromatic N) is 1. The summed E-state index contributed by atoms with van der Waals surface area (Å²) >= 11 is 0. The summed E-state index contributed by atoms with van der Waals surface area (Å²) in [6.07, 6.45) is 5.47. The van der Waals surface area contributed by atoms with Crippen molar-refractivity contribution in [1.82, 2.24) is 0 Å². The van der Waals surface area contributed by atoms with Crippen LogP contribution in [0.1, 0.15) is 36.8 Å². The Hall–Kier alpha value is -6.64. The van der Waals surface area contributed by atoms with Gasteiger partial charge in [-0.2, -0.15) is 0 Å². The standard InChI is InChI=1S/C55H41NO/c1-2-8-37(9-3-1)39-19-25-44(26-20-39)56(46-29-31-50-49-11-5-7-13-53(49)57-54(50)34-46)45-27-21-40(22-28-45)38-15-17-41(18-16-38)42-23-30-48-47-10-4-6-12-51(47)55(52(48)33-42)35-36-14-24-43(55)32-36/h1-13,15-23,25-31,33-34,36,43H,14,24,32,35H2. The fourth-order valence-electron chi connectivity index (χ4n) is 11.0. The highest BCUT2D eigenvalue weighted by Gasteiger charge is 2.56. The molecule has 0 radical (unpaired) electrons. The van der Waals surface area contributed by atoms with Crippen LogP contribution in [0, 0.1) is 11.8 Å². The number of hydrogen-bond acceptors (Lipinski definition) is 2. The molecule has 2 bridgehead atoms. The van der Waals surface area contributed by atoms with Gasteiger partial charge < -0.3 is 9.32 Å². The molecule has 12 rings (SSSR count). The zero-order valence-corrected chi connectivity index (χ0v) is 31.7. The Kier molecular flexibility index (Phi) is 7.26. The summed E-state index contributed by atoms with van der Waals surface area (Å²) < 4.78 is 6.36. The van der Waals surface area contributed by atoms with E-state index in [0.717, 1.165) is 50.8 Å². The van der Waals surface area contributed by atoms with E-state index in [2.05, 4.69) is 181 Å². The molecule has 2 saturated carbocycles. The van der Waals surface area contributed by atoms with E-state index in [4.69, 9.17) is 4.42 Å². The first-order valence-corrected chi connectivity index (χ1v) is 20.5. The van der Waals surface area contributed by atoms with E-state index in [0.29, 0.717) is 0 Å². The Morgan fingerprint density at radius 3 is 1.68 bits per heavy atom. The van der Waals surface area contributed by atoms with Crippen molar-refractivity contribution in [2.75, 3.05) is 4.90 Å². The molecule has 1 heterocycles. The zero-order chi connectivity index (χ0) is 37.5. The van der Waals surface area contributed by atoms with E-state index in [1.807, 2.05) is 12.1 Å². The van der Waals surface area contributed by atoms with Crippen LogP contribution in [0.3, 0.4) is 0 Å². The third kappa shape index (κ3) is 5.10. The van der Waals surface area contributed by atoms with Crippen molar-refractivity contribution < 1.29 is 4.42 Å². The lowest BCUT2D eigenvalue weighted by atomic mass is 9.66. The van der Waals surface area contributed by atoms with Gasteiger partial charge in [-0.3, -0.25) is 0 Å². The second-order valence-corrected chi connectivity index (χ2v) is 16.5. The number of anilines is 3. The number of benzene rings is 8. The summed E-state index contributed by atoms with van der Waals surface area (Å²) in [4.78, 5) is 2.32. The van der Waals surface area contributed by atoms with Crippen LogP contribution in [0.5, 0.6) is 0 Å². The van der Waals surface area contributed by atoms with Crippen LogP contribution in [0.4, 0.5) is 17.1 Å². The molecule has 57 heavy (non-hydrogen) atoms. The van der Waals surface area contributed by atoms with Gasteiger partial charge in [-0.25, -0.2) is 0 Å². The van der Waals surface area contributed by atoms with Crippen LogP contribution in [0.2, 0.25) is 0 Å². The number of hydrogen-bond donors (Lipinski definition) is 0. The second-order valence-electron chi connectivity index (χ2n) is 16.5. The van der Waals surface area contributed by atoms with Crippen LogP contribution >= 0.6 is 0 Å². The summed E-state index contributed by atoms with van der Waals surface area (Å²) in [6.45, 7) is 0. The number of furan rings is 1. The highest BCUT2D eigenvalue weighted by atomic mass is 16.3. The maximum absolute atomic E-state index is 6.36. The van der Waals surface area contributed by atoms with Gasteiger partial charge in [-0.1, -0.05) is 140 Å². The predicted octanol–water partition coefficient (Wildman–Crippen LogP) is 15.1. The monoisotopic (exact) mass is 731 g/mol. The lowest BCUT2D eigenvalue weighted by Gasteiger charge is -2.36. The predicted molar refractivity (Wildman–Crippen MR) is 236 cm³/mol. The molecule has 9 aromatic rings. The molecule has 2 heteroatoms. The van der Waals surface area contributed by atoms with Crippen molar-refractivity contribution in [3.05, 3.63) is 199 Å². The minimum Gasteiger partial charge on any atom is -0.456 e. The van der Waals surface area contributed by atoms with Crippen LogP contribution in [0.25, 0.3) is 66.4 Å². The molecular formula is C55H41NO. The topological polar surface area (TPSA) is 16.4 Å². The van der Waals surface area contributed by atoms with Gasteiger partial charge in [0.15, 0.2) is 0 Å². The average molecular weight is 732 g/mol. The molecule has 1 spiro atoms. The minimum atomic E-state index is 0.197. The van der Waals surface area contributed by atoms with Gasteiger partial charge in [0.2, 0.25) is 0 Å². The maximum atomic E-state index is 6.36. The second kappa shape index (κ2) is 12.7. The molecule has 3 atom stereocenters. The van der Waals surface area contributed by atoms with Crippen molar-refractivity contribution in [2.45, 2.75) is 31.1 Å². The summed E-state index contributed by atoms with van der Waals surface area (Å²) in [5, 5.41) is 2.27. The van der Waals surface area contributed by atoms with Crippen molar-refractivity contribution >= 4 is 39.0 Å². The molecule has 0 aliphatic heterocycles. The molecule has 3 aliphatic rings. The molecule has 3 unspecified atom stereocenters. The molecule has 2 nitrogen and oxygen atoms in total. The third-order valence-electron chi connectivity index (χ3n) is 13.6. The molecular weight excluding hydrogens is 691 g/mol. The Morgan fingerprint density at radius 1 is 0.421 bits per heavy atom. The highest BCUT2D eigenvalue weighted by Crippen LogP contribution is 2.65. The quantitative estimate of drug-likeness (QED) is 0.169. The van der Waals surface area contributed by atoms with Crippen molar-refractivity contribution in [3.63, 3.8) is 0 Å². The molecule has 8 aromatic carbocycles. The highest BCUT2D eigenvalue weighted by molar-refractivity contribution is 6.06. The van der Waals surface area contributed by atoms with Gasteiger partial charge in [0.25, 0.3) is 0 Å². The fraction of sp³-hybridized carbons (Fsp3) is 0.127. The van der Waals surface area contributed by atoms with Crippen molar-refractivity contribution in [3.8, 4) is 44.5 Å². The van der Waals surface area contributed by atoms with Crippen molar-refractivity contribution in [1.29, 1.82) is 0 Å². The molecule has 0 N–H and O–H groups in total. The number of rotatable bonds is 6. The van der Waals surface area contributed by atoms with Crippen LogP contribution in [-0.2, 0) is 5.41 Å². The number of para-hydroxylation sites is 1. The summed E-state index contributed by atoms with van der Waals surface area (Å²) in [5.74, 6) is 1.64. The maximum Gasteiger partial charge on any atom is 0.137 e. The minimum absolute atomic E-state index is 0.197. The van der Waals surface area contributed by atoms with E-state index >= 15 is 0 Å². The first-order valence-electron chi connectivity index (χ1n) is 20.5. The Labute approximate surface area is 333 Å². The SMILES string of the molecule is c1ccc(-c2ccc(N(c3ccc(-c4ccc(-c5ccc6c(c5)C5(CC7CCC5C7)c5ccccc5-6)cc4)cc3)c3ccc4c(c3)oc3ccccc34)cc2)cc1. The summed E-state index contributed by atoms with van der Waals surface area (Å²) in [7, 11) is 0. The van der Waals surface area contributed by atoms with Gasteiger partial charge in [0.05, 0.1) is 0 Å². The van der Waals surface area contributed by atoms with Gasteiger partial charge >= 0.3 is 0 Å². The molecule has 272 valence electrons. The number of fused-ring (bicyclic) bond motifs is 11. The normalized spacial score (nSPS) is 19.0. The van der Waals surface area contributed by atoms with E-state index < -0.39 is 0 Å². The van der Waals surface area contributed by atoms with E-state index in [9.17, 15) is 0 Å². The first-order chi connectivity index (χ1) is 28.2. The average Bonchev–Trinajstić information content (AvgIpc) is 4.06. The smallest absolute Gasteiger partial charge is 0.137 e. The Balaban J connectivity index is 0.874. The third-order valence-corrected chi connectivity index (χ3v) is 13.6. The van der Waals surface area contributed by atoms with Gasteiger partial charge in [-0.05, 0) is 135 Å². The van der Waals surface area contributed by atoms with Crippen LogP contribution < -0.4 is 4.90 Å². The van der Waals surface area contributed by atoms with E-state index in [-0.39, 0.29) is 5.41 Å². The lowest BCUT2D eigenvalue weighted by molar-refractivity contribution is 0.327. The van der Waals surface area contributed by atoms with E-state index in [1.165, 1.54) is 70.2 Å².